The molecular formula is C20H26N4O. The van der Waals surface area contributed by atoms with Crippen LogP contribution in [0.2, 0.25) is 0 Å². The number of benzene rings is 1. The number of hydrogen-bond acceptors (Lipinski definition) is 3. The molecule has 4 rings (SSSR count). The Kier molecular flexibility index (Phi) is 4.83. The Bertz CT molecular complexity index is 679. The monoisotopic (exact) mass is 338 g/mol. The Morgan fingerprint density at radius 3 is 2.60 bits per heavy atom. The number of amides is 1. The topological polar surface area (TPSA) is 52.2 Å². The van der Waals surface area contributed by atoms with Crippen LogP contribution in [0.5, 0.6) is 0 Å². The fraction of sp³-hybridized carbons (Fsp3) is 0.500. The van der Waals surface area contributed by atoms with Crippen molar-refractivity contribution in [2.45, 2.75) is 37.6 Å². The molecule has 1 aromatic carbocycles. The summed E-state index contributed by atoms with van der Waals surface area (Å²) in [5.74, 6) is 0.697. The maximum atomic E-state index is 13.3. The van der Waals surface area contributed by atoms with Crippen molar-refractivity contribution in [2.24, 2.45) is 0 Å². The van der Waals surface area contributed by atoms with E-state index >= 15 is 0 Å². The zero-order chi connectivity index (χ0) is 17.1. The standard InChI is InChI=1S/C20H26N4O/c25-20(23-12-4-5-13-23)19(16-7-2-1-3-8-16)24-14-6-9-17(15-24)18-10-11-21-22-18/h1-3,7-8,10-11,17,19H,4-6,9,12-15H2,(H,21,22)/t17-,19-/m1/s1. The van der Waals surface area contributed by atoms with Crippen molar-refractivity contribution < 1.29 is 4.79 Å². The number of rotatable bonds is 4. The van der Waals surface area contributed by atoms with Crippen LogP contribution < -0.4 is 0 Å². The molecule has 0 unspecified atom stereocenters. The minimum Gasteiger partial charge on any atom is -0.341 e. The zero-order valence-corrected chi connectivity index (χ0v) is 14.6. The van der Waals surface area contributed by atoms with Gasteiger partial charge in [0.1, 0.15) is 6.04 Å². The Labute approximate surface area is 149 Å². The number of hydrogen-bond donors (Lipinski definition) is 1. The van der Waals surface area contributed by atoms with Gasteiger partial charge in [-0.25, -0.2) is 0 Å². The molecule has 2 atom stereocenters. The third kappa shape index (κ3) is 3.47. The van der Waals surface area contributed by atoms with E-state index < -0.39 is 0 Å². The summed E-state index contributed by atoms with van der Waals surface area (Å²) >= 11 is 0. The van der Waals surface area contributed by atoms with Gasteiger partial charge in [0.25, 0.3) is 0 Å². The maximum absolute atomic E-state index is 13.3. The molecule has 2 aliphatic heterocycles. The largest absolute Gasteiger partial charge is 0.341 e. The first-order valence-electron chi connectivity index (χ1n) is 9.40. The van der Waals surface area contributed by atoms with Crippen LogP contribution in [0.4, 0.5) is 0 Å². The molecule has 2 aromatic rings. The van der Waals surface area contributed by atoms with Crippen molar-refractivity contribution in [3.05, 3.63) is 53.9 Å². The van der Waals surface area contributed by atoms with Crippen LogP contribution in [0.25, 0.3) is 0 Å². The lowest BCUT2D eigenvalue weighted by Crippen LogP contribution is -2.45. The first-order chi connectivity index (χ1) is 12.3. The van der Waals surface area contributed by atoms with Crippen LogP contribution in [0.1, 0.15) is 48.9 Å². The summed E-state index contributed by atoms with van der Waals surface area (Å²) < 4.78 is 0. The van der Waals surface area contributed by atoms with Gasteiger partial charge in [0.2, 0.25) is 5.91 Å². The molecule has 0 radical (unpaired) electrons. The van der Waals surface area contributed by atoms with Crippen LogP contribution in [0, 0.1) is 0 Å². The van der Waals surface area contributed by atoms with Gasteiger partial charge in [-0.15, -0.1) is 0 Å². The van der Waals surface area contributed by atoms with Crippen LogP contribution in [0.15, 0.2) is 42.6 Å². The second-order valence-electron chi connectivity index (χ2n) is 7.19. The highest BCUT2D eigenvalue weighted by Gasteiger charge is 2.35. The fourth-order valence-corrected chi connectivity index (χ4v) is 4.24. The van der Waals surface area contributed by atoms with Gasteiger partial charge >= 0.3 is 0 Å². The van der Waals surface area contributed by atoms with Crippen LogP contribution in [0.3, 0.4) is 0 Å². The third-order valence-electron chi connectivity index (χ3n) is 5.55. The van der Waals surface area contributed by atoms with Crippen LogP contribution in [-0.2, 0) is 4.79 Å². The average Bonchev–Trinajstić information content (AvgIpc) is 3.37. The zero-order valence-electron chi connectivity index (χ0n) is 14.6. The first kappa shape index (κ1) is 16.3. The lowest BCUT2D eigenvalue weighted by molar-refractivity contribution is -0.136. The molecule has 0 spiro atoms. The van der Waals surface area contributed by atoms with E-state index in [9.17, 15) is 4.79 Å². The van der Waals surface area contributed by atoms with E-state index in [4.69, 9.17) is 0 Å². The van der Waals surface area contributed by atoms with Gasteiger partial charge < -0.3 is 4.90 Å². The summed E-state index contributed by atoms with van der Waals surface area (Å²) in [6.45, 7) is 3.69. The summed E-state index contributed by atoms with van der Waals surface area (Å²) in [6, 6.07) is 12.2. The quantitative estimate of drug-likeness (QED) is 0.932. The molecule has 5 heteroatoms. The number of H-pyrrole nitrogens is 1. The number of carbonyl (C=O) groups excluding carboxylic acids is 1. The van der Waals surface area contributed by atoms with Crippen molar-refractivity contribution in [3.63, 3.8) is 0 Å². The summed E-state index contributed by atoms with van der Waals surface area (Å²) in [5.41, 5.74) is 2.30. The number of aromatic amines is 1. The average molecular weight is 338 g/mol. The van der Waals surface area contributed by atoms with E-state index in [0.29, 0.717) is 5.92 Å². The molecular weight excluding hydrogens is 312 g/mol. The molecule has 2 aliphatic rings. The Balaban J connectivity index is 1.59. The predicted molar refractivity (Wildman–Crippen MR) is 97.1 cm³/mol. The molecule has 0 aliphatic carbocycles. The summed E-state index contributed by atoms with van der Waals surface area (Å²) in [6.07, 6.45) is 6.34. The second kappa shape index (κ2) is 7.40. The summed E-state index contributed by atoms with van der Waals surface area (Å²) in [7, 11) is 0. The minimum atomic E-state index is -0.162. The summed E-state index contributed by atoms with van der Waals surface area (Å²) in [5, 5.41) is 7.22. The number of aromatic nitrogens is 2. The van der Waals surface area contributed by atoms with Gasteiger partial charge in [-0.3, -0.25) is 14.8 Å². The Morgan fingerprint density at radius 1 is 1.08 bits per heavy atom. The molecule has 132 valence electrons. The predicted octanol–water partition coefficient (Wildman–Crippen LogP) is 2.95. The van der Waals surface area contributed by atoms with E-state index in [2.05, 4.69) is 38.2 Å². The van der Waals surface area contributed by atoms with Crippen molar-refractivity contribution in [2.75, 3.05) is 26.2 Å². The van der Waals surface area contributed by atoms with Crippen molar-refractivity contribution in [3.8, 4) is 0 Å². The van der Waals surface area contributed by atoms with Crippen molar-refractivity contribution >= 4 is 5.91 Å². The molecule has 5 nitrogen and oxygen atoms in total. The SMILES string of the molecule is O=C([C@@H](c1ccccc1)N1CCC[C@@H](c2ccn[nH]2)C1)N1CCCC1. The number of carbonyl (C=O) groups is 1. The Hall–Kier alpha value is -2.14. The molecule has 1 aromatic heterocycles. The van der Waals surface area contributed by atoms with Gasteiger partial charge in [-0.2, -0.15) is 5.10 Å². The number of nitrogens with zero attached hydrogens (tertiary/aromatic N) is 3. The highest BCUT2D eigenvalue weighted by molar-refractivity contribution is 5.83. The Morgan fingerprint density at radius 2 is 1.88 bits per heavy atom. The van der Waals surface area contributed by atoms with E-state index in [1.54, 1.807) is 0 Å². The number of likely N-dealkylation sites (tertiary alicyclic amines) is 2. The molecule has 2 saturated heterocycles. The van der Waals surface area contributed by atoms with Crippen LogP contribution >= 0.6 is 0 Å². The van der Waals surface area contributed by atoms with Crippen LogP contribution in [-0.4, -0.2) is 52.1 Å². The van der Waals surface area contributed by atoms with Gasteiger partial charge in [-0.05, 0) is 43.9 Å². The highest BCUT2D eigenvalue weighted by atomic mass is 16.2. The molecule has 3 heterocycles. The lowest BCUT2D eigenvalue weighted by Gasteiger charge is -2.38. The first-order valence-corrected chi connectivity index (χ1v) is 9.40. The smallest absolute Gasteiger partial charge is 0.244 e. The van der Waals surface area contributed by atoms with E-state index in [0.717, 1.165) is 57.4 Å². The van der Waals surface area contributed by atoms with Gasteiger partial charge in [-0.1, -0.05) is 30.3 Å². The lowest BCUT2D eigenvalue weighted by atomic mass is 9.92. The normalized spacial score (nSPS) is 22.9. The van der Waals surface area contributed by atoms with E-state index in [1.807, 2.05) is 24.4 Å². The van der Waals surface area contributed by atoms with Crippen molar-refractivity contribution in [1.82, 2.24) is 20.0 Å². The van der Waals surface area contributed by atoms with Gasteiger partial charge in [0, 0.05) is 37.4 Å². The van der Waals surface area contributed by atoms with E-state index in [1.165, 1.54) is 5.69 Å². The third-order valence-corrected chi connectivity index (χ3v) is 5.55. The maximum Gasteiger partial charge on any atom is 0.244 e. The molecule has 2 fully saturated rings. The van der Waals surface area contributed by atoms with Gasteiger partial charge in [0.05, 0.1) is 0 Å². The molecule has 0 saturated carbocycles. The molecule has 0 bridgehead atoms. The fourth-order valence-electron chi connectivity index (χ4n) is 4.24. The molecule has 25 heavy (non-hydrogen) atoms. The number of nitrogens with one attached hydrogen (secondary N) is 1. The summed E-state index contributed by atoms with van der Waals surface area (Å²) in [4.78, 5) is 17.7. The molecule has 1 N–H and O–H groups in total. The minimum absolute atomic E-state index is 0.162. The van der Waals surface area contributed by atoms with Gasteiger partial charge in [0.15, 0.2) is 0 Å². The van der Waals surface area contributed by atoms with E-state index in [-0.39, 0.29) is 11.9 Å². The second-order valence-corrected chi connectivity index (χ2v) is 7.19. The van der Waals surface area contributed by atoms with Crippen molar-refractivity contribution in [1.29, 1.82) is 0 Å². The number of piperidine rings is 1. The molecule has 1 amide bonds. The highest BCUT2D eigenvalue weighted by Crippen LogP contribution is 2.33.